The second-order valence-corrected chi connectivity index (χ2v) is 5.32. The second-order valence-electron chi connectivity index (χ2n) is 5.32. The Hall–Kier alpha value is -3.08. The summed E-state index contributed by atoms with van der Waals surface area (Å²) in [6.45, 7) is 0. The molecule has 5 nitrogen and oxygen atoms in total. The van der Waals surface area contributed by atoms with E-state index in [1.54, 1.807) is 0 Å². The number of nitrogen functional groups attached to an aromatic ring is 1. The van der Waals surface area contributed by atoms with Gasteiger partial charge in [0.1, 0.15) is 0 Å². The SMILES string of the molecule is Cn1ccc2cc(C(=O)n3nc(N)c4ccccc43)ccc21. The number of benzene rings is 2. The van der Waals surface area contributed by atoms with Crippen LogP contribution in [0.15, 0.2) is 54.7 Å². The fourth-order valence-corrected chi connectivity index (χ4v) is 2.78. The van der Waals surface area contributed by atoms with Gasteiger partial charge >= 0.3 is 0 Å². The topological polar surface area (TPSA) is 65.8 Å². The first kappa shape index (κ1) is 12.6. The van der Waals surface area contributed by atoms with Crippen LogP contribution in [0, 0.1) is 0 Å². The Morgan fingerprint density at radius 1 is 1.09 bits per heavy atom. The monoisotopic (exact) mass is 290 g/mol. The molecule has 0 aliphatic heterocycles. The predicted molar refractivity (Wildman–Crippen MR) is 86.8 cm³/mol. The van der Waals surface area contributed by atoms with Gasteiger partial charge in [-0.15, -0.1) is 5.10 Å². The molecule has 0 atom stereocenters. The third kappa shape index (κ3) is 1.72. The number of aromatic nitrogens is 3. The average Bonchev–Trinajstić information content (AvgIpc) is 3.08. The molecular weight excluding hydrogens is 276 g/mol. The van der Waals surface area contributed by atoms with Crippen LogP contribution >= 0.6 is 0 Å². The summed E-state index contributed by atoms with van der Waals surface area (Å²) in [5, 5.41) is 6.01. The van der Waals surface area contributed by atoms with E-state index in [0.717, 1.165) is 21.8 Å². The molecule has 2 aromatic carbocycles. The number of hydrogen-bond acceptors (Lipinski definition) is 3. The van der Waals surface area contributed by atoms with Crippen molar-refractivity contribution in [3.63, 3.8) is 0 Å². The fraction of sp³-hybridized carbons (Fsp3) is 0.0588. The number of carbonyl (C=O) groups is 1. The highest BCUT2D eigenvalue weighted by atomic mass is 16.2. The molecule has 2 heterocycles. The van der Waals surface area contributed by atoms with Crippen LogP contribution in [0.1, 0.15) is 10.4 Å². The van der Waals surface area contributed by atoms with Crippen LogP contribution in [0.25, 0.3) is 21.8 Å². The number of carbonyl (C=O) groups excluding carboxylic acids is 1. The minimum absolute atomic E-state index is 0.182. The molecule has 0 spiro atoms. The third-order valence-corrected chi connectivity index (χ3v) is 3.94. The summed E-state index contributed by atoms with van der Waals surface area (Å²) in [4.78, 5) is 12.8. The molecule has 0 unspecified atom stereocenters. The summed E-state index contributed by atoms with van der Waals surface area (Å²) < 4.78 is 3.39. The van der Waals surface area contributed by atoms with Crippen LogP contribution in [0.3, 0.4) is 0 Å². The molecule has 4 aromatic rings. The Labute approximate surface area is 126 Å². The number of anilines is 1. The van der Waals surface area contributed by atoms with Gasteiger partial charge in [-0.25, -0.2) is 0 Å². The van der Waals surface area contributed by atoms with Crippen LogP contribution < -0.4 is 5.73 Å². The summed E-state index contributed by atoms with van der Waals surface area (Å²) in [6.07, 6.45) is 1.97. The van der Waals surface area contributed by atoms with E-state index in [2.05, 4.69) is 5.10 Å². The van der Waals surface area contributed by atoms with Gasteiger partial charge < -0.3 is 10.3 Å². The first-order valence-electron chi connectivity index (χ1n) is 6.98. The number of aryl methyl sites for hydroxylation is 1. The molecule has 0 fully saturated rings. The van der Waals surface area contributed by atoms with E-state index < -0.39 is 0 Å². The van der Waals surface area contributed by atoms with Crippen LogP contribution in [0.4, 0.5) is 5.82 Å². The quantitative estimate of drug-likeness (QED) is 0.586. The molecule has 22 heavy (non-hydrogen) atoms. The average molecular weight is 290 g/mol. The van der Waals surface area contributed by atoms with E-state index >= 15 is 0 Å². The van der Waals surface area contributed by atoms with Gasteiger partial charge in [-0.1, -0.05) is 12.1 Å². The van der Waals surface area contributed by atoms with Gasteiger partial charge in [-0.3, -0.25) is 4.79 Å². The highest BCUT2D eigenvalue weighted by molar-refractivity contribution is 6.05. The number of para-hydroxylation sites is 1. The molecule has 108 valence electrons. The first-order valence-corrected chi connectivity index (χ1v) is 6.98. The van der Waals surface area contributed by atoms with Gasteiger partial charge in [0.15, 0.2) is 5.82 Å². The van der Waals surface area contributed by atoms with E-state index in [1.807, 2.05) is 66.3 Å². The van der Waals surface area contributed by atoms with E-state index in [9.17, 15) is 4.79 Å². The van der Waals surface area contributed by atoms with Gasteiger partial charge in [0.25, 0.3) is 5.91 Å². The van der Waals surface area contributed by atoms with Gasteiger partial charge in [0, 0.05) is 35.1 Å². The lowest BCUT2D eigenvalue weighted by Gasteiger charge is -2.03. The Bertz CT molecular complexity index is 1030. The number of rotatable bonds is 1. The zero-order chi connectivity index (χ0) is 15.3. The zero-order valence-electron chi connectivity index (χ0n) is 12.0. The fourth-order valence-electron chi connectivity index (χ4n) is 2.78. The van der Waals surface area contributed by atoms with Crippen molar-refractivity contribution < 1.29 is 4.79 Å². The molecule has 0 bridgehead atoms. The standard InChI is InChI=1S/C17H14N4O/c1-20-9-8-11-10-12(6-7-14(11)20)17(22)21-15-5-3-2-4-13(15)16(18)19-21/h2-10H,1H3,(H2,18,19). The molecule has 0 radical (unpaired) electrons. The lowest BCUT2D eigenvalue weighted by Crippen LogP contribution is -2.13. The summed E-state index contributed by atoms with van der Waals surface area (Å²) in [6, 6.07) is 15.1. The third-order valence-electron chi connectivity index (χ3n) is 3.94. The summed E-state index contributed by atoms with van der Waals surface area (Å²) in [7, 11) is 1.98. The van der Waals surface area contributed by atoms with Crippen LogP contribution in [-0.2, 0) is 7.05 Å². The lowest BCUT2D eigenvalue weighted by molar-refractivity contribution is 0.0951. The van der Waals surface area contributed by atoms with E-state index in [-0.39, 0.29) is 5.91 Å². The van der Waals surface area contributed by atoms with Crippen molar-refractivity contribution in [1.29, 1.82) is 0 Å². The lowest BCUT2D eigenvalue weighted by atomic mass is 10.1. The molecule has 0 saturated carbocycles. The number of nitrogens with zero attached hydrogens (tertiary/aromatic N) is 3. The Balaban J connectivity index is 1.88. The van der Waals surface area contributed by atoms with Crippen LogP contribution in [0.5, 0.6) is 0 Å². The van der Waals surface area contributed by atoms with Crippen molar-refractivity contribution in [2.75, 3.05) is 5.73 Å². The molecule has 0 aliphatic carbocycles. The molecule has 0 aliphatic rings. The molecular formula is C17H14N4O. The second kappa shape index (κ2) is 4.46. The minimum atomic E-state index is -0.182. The number of hydrogen-bond donors (Lipinski definition) is 1. The van der Waals surface area contributed by atoms with Gasteiger partial charge in [-0.2, -0.15) is 4.68 Å². The number of fused-ring (bicyclic) bond motifs is 2. The van der Waals surface area contributed by atoms with Gasteiger partial charge in [-0.05, 0) is 36.4 Å². The number of nitrogens with two attached hydrogens (primary N) is 1. The molecule has 5 heteroatoms. The van der Waals surface area contributed by atoms with Crippen molar-refractivity contribution >= 4 is 33.5 Å². The van der Waals surface area contributed by atoms with E-state index in [0.29, 0.717) is 11.4 Å². The molecule has 0 saturated heterocycles. The maximum atomic E-state index is 12.8. The Morgan fingerprint density at radius 2 is 1.91 bits per heavy atom. The summed E-state index contributed by atoms with van der Waals surface area (Å²) in [5.74, 6) is 0.184. The molecule has 2 N–H and O–H groups in total. The summed E-state index contributed by atoms with van der Waals surface area (Å²) >= 11 is 0. The van der Waals surface area contributed by atoms with Crippen molar-refractivity contribution in [3.8, 4) is 0 Å². The highest BCUT2D eigenvalue weighted by Gasteiger charge is 2.16. The maximum absolute atomic E-state index is 12.8. The van der Waals surface area contributed by atoms with Crippen molar-refractivity contribution in [2.24, 2.45) is 7.05 Å². The van der Waals surface area contributed by atoms with E-state index in [1.165, 1.54) is 4.68 Å². The Kier molecular flexibility index (Phi) is 2.56. The van der Waals surface area contributed by atoms with Crippen molar-refractivity contribution in [1.82, 2.24) is 14.3 Å². The molecule has 2 aromatic heterocycles. The predicted octanol–water partition coefficient (Wildman–Crippen LogP) is 2.80. The maximum Gasteiger partial charge on any atom is 0.278 e. The molecule has 0 amide bonds. The first-order chi connectivity index (χ1) is 10.6. The van der Waals surface area contributed by atoms with Crippen LogP contribution in [0.2, 0.25) is 0 Å². The minimum Gasteiger partial charge on any atom is -0.382 e. The van der Waals surface area contributed by atoms with Crippen LogP contribution in [-0.4, -0.2) is 20.3 Å². The normalized spacial score (nSPS) is 11.3. The van der Waals surface area contributed by atoms with E-state index in [4.69, 9.17) is 5.73 Å². The summed E-state index contributed by atoms with van der Waals surface area (Å²) in [5.41, 5.74) is 8.29. The van der Waals surface area contributed by atoms with Gasteiger partial charge in [0.2, 0.25) is 0 Å². The smallest absolute Gasteiger partial charge is 0.278 e. The zero-order valence-corrected chi connectivity index (χ0v) is 12.0. The largest absolute Gasteiger partial charge is 0.382 e. The van der Waals surface area contributed by atoms with Gasteiger partial charge in [0.05, 0.1) is 5.52 Å². The Morgan fingerprint density at radius 3 is 2.77 bits per heavy atom. The molecule has 4 rings (SSSR count). The van der Waals surface area contributed by atoms with Crippen molar-refractivity contribution in [3.05, 3.63) is 60.3 Å². The van der Waals surface area contributed by atoms with Crippen molar-refractivity contribution in [2.45, 2.75) is 0 Å². The highest BCUT2D eigenvalue weighted by Crippen LogP contribution is 2.22.